The molecule has 0 bridgehead atoms. The van der Waals surface area contributed by atoms with Crippen LogP contribution in [-0.4, -0.2) is 4.98 Å². The molecule has 0 saturated heterocycles. The zero-order valence-corrected chi connectivity index (χ0v) is 11.8. The van der Waals surface area contributed by atoms with E-state index < -0.39 is 0 Å². The number of rotatable bonds is 2. The van der Waals surface area contributed by atoms with Crippen LogP contribution in [0.3, 0.4) is 0 Å². The van der Waals surface area contributed by atoms with Crippen LogP contribution in [0.25, 0.3) is 0 Å². The molecule has 1 aliphatic rings. The summed E-state index contributed by atoms with van der Waals surface area (Å²) in [5.41, 5.74) is 3.40. The molecule has 1 N–H and O–H groups in total. The number of fused-ring (bicyclic) bond motifs is 1. The van der Waals surface area contributed by atoms with Gasteiger partial charge in [-0.3, -0.25) is 0 Å². The average molecular weight is 307 g/mol. The van der Waals surface area contributed by atoms with Crippen LogP contribution in [0.2, 0.25) is 0 Å². The smallest absolute Gasteiger partial charge is 0.109 e. The molecule has 1 atom stereocenters. The van der Waals surface area contributed by atoms with E-state index in [1.807, 2.05) is 13.0 Å². The van der Waals surface area contributed by atoms with Crippen LogP contribution in [0.15, 0.2) is 33.5 Å². The minimum Gasteiger partial charge on any atom is -0.469 e. The minimum atomic E-state index is 0.342. The predicted molar refractivity (Wildman–Crippen MR) is 74.7 cm³/mol. The molecule has 0 aromatic carbocycles. The van der Waals surface area contributed by atoms with Gasteiger partial charge in [-0.25, -0.2) is 4.98 Å². The predicted octanol–water partition coefficient (Wildman–Crippen LogP) is 4.24. The molecule has 2 aromatic rings. The Hall–Kier alpha value is -1.29. The largest absolute Gasteiger partial charge is 0.469 e. The Balaban J connectivity index is 1.86. The second kappa shape index (κ2) is 4.76. The van der Waals surface area contributed by atoms with Crippen LogP contribution in [0, 0.1) is 6.92 Å². The van der Waals surface area contributed by atoms with Gasteiger partial charge in [-0.2, -0.15) is 0 Å². The zero-order chi connectivity index (χ0) is 12.5. The van der Waals surface area contributed by atoms with E-state index in [4.69, 9.17) is 4.42 Å². The molecule has 3 rings (SSSR count). The van der Waals surface area contributed by atoms with Crippen molar-refractivity contribution in [3.63, 3.8) is 0 Å². The summed E-state index contributed by atoms with van der Waals surface area (Å²) < 4.78 is 6.38. The van der Waals surface area contributed by atoms with E-state index in [1.165, 1.54) is 12.0 Å². The monoisotopic (exact) mass is 306 g/mol. The fourth-order valence-corrected chi connectivity index (χ4v) is 2.91. The highest BCUT2D eigenvalue weighted by atomic mass is 79.9. The molecular formula is C14H15BrN2O. The molecule has 1 aliphatic carbocycles. The Morgan fingerprint density at radius 1 is 1.39 bits per heavy atom. The van der Waals surface area contributed by atoms with Gasteiger partial charge in [0.25, 0.3) is 0 Å². The van der Waals surface area contributed by atoms with Gasteiger partial charge in [-0.05, 0) is 53.9 Å². The Kier molecular flexibility index (Phi) is 3.12. The van der Waals surface area contributed by atoms with E-state index in [2.05, 4.69) is 38.4 Å². The summed E-state index contributed by atoms with van der Waals surface area (Å²) in [5, 5.41) is 3.58. The summed E-state index contributed by atoms with van der Waals surface area (Å²) in [7, 11) is 0. The molecule has 1 unspecified atom stereocenters. The molecule has 18 heavy (non-hydrogen) atoms. The van der Waals surface area contributed by atoms with Crippen molar-refractivity contribution in [3.8, 4) is 0 Å². The molecule has 2 heterocycles. The van der Waals surface area contributed by atoms with E-state index in [0.29, 0.717) is 6.04 Å². The van der Waals surface area contributed by atoms with E-state index in [-0.39, 0.29) is 0 Å². The second-order valence-corrected chi connectivity index (χ2v) is 5.47. The van der Waals surface area contributed by atoms with Crippen molar-refractivity contribution >= 4 is 21.6 Å². The maximum absolute atomic E-state index is 5.51. The van der Waals surface area contributed by atoms with Gasteiger partial charge >= 0.3 is 0 Å². The van der Waals surface area contributed by atoms with E-state index in [0.717, 1.165) is 34.6 Å². The Morgan fingerprint density at radius 2 is 2.28 bits per heavy atom. The summed E-state index contributed by atoms with van der Waals surface area (Å²) >= 11 is 3.39. The van der Waals surface area contributed by atoms with Crippen LogP contribution >= 0.6 is 15.9 Å². The third kappa shape index (κ3) is 2.17. The average Bonchev–Trinajstić information content (AvgIpc) is 2.82. The normalized spacial score (nSPS) is 18.4. The molecular weight excluding hydrogens is 292 g/mol. The van der Waals surface area contributed by atoms with Gasteiger partial charge in [0.15, 0.2) is 0 Å². The lowest BCUT2D eigenvalue weighted by Crippen LogP contribution is -2.16. The van der Waals surface area contributed by atoms with Crippen molar-refractivity contribution < 1.29 is 4.42 Å². The Morgan fingerprint density at radius 3 is 3.11 bits per heavy atom. The number of hydrogen-bond donors (Lipinski definition) is 1. The molecule has 0 radical (unpaired) electrons. The SMILES string of the molecule is Cc1nc(Br)ccc1NC1CCCc2occc21. The van der Waals surface area contributed by atoms with Gasteiger partial charge in [0.2, 0.25) is 0 Å². The minimum absolute atomic E-state index is 0.342. The van der Waals surface area contributed by atoms with Gasteiger partial charge in [0.05, 0.1) is 23.7 Å². The summed E-state index contributed by atoms with van der Waals surface area (Å²) in [6.45, 7) is 2.02. The van der Waals surface area contributed by atoms with Gasteiger partial charge in [-0.15, -0.1) is 0 Å². The highest BCUT2D eigenvalue weighted by Gasteiger charge is 2.22. The summed E-state index contributed by atoms with van der Waals surface area (Å²) in [6.07, 6.45) is 5.15. The summed E-state index contributed by atoms with van der Waals surface area (Å²) in [5.74, 6) is 1.13. The van der Waals surface area contributed by atoms with Gasteiger partial charge in [-0.1, -0.05) is 0 Å². The lowest BCUT2D eigenvalue weighted by atomic mass is 9.93. The highest BCUT2D eigenvalue weighted by Crippen LogP contribution is 2.33. The highest BCUT2D eigenvalue weighted by molar-refractivity contribution is 9.10. The molecule has 0 amide bonds. The van der Waals surface area contributed by atoms with Crippen LogP contribution in [0.1, 0.15) is 35.9 Å². The number of aromatic nitrogens is 1. The number of nitrogens with one attached hydrogen (secondary N) is 1. The quantitative estimate of drug-likeness (QED) is 0.844. The molecule has 0 fully saturated rings. The number of pyridine rings is 1. The van der Waals surface area contributed by atoms with E-state index in [1.54, 1.807) is 6.26 Å². The van der Waals surface area contributed by atoms with Crippen molar-refractivity contribution in [1.82, 2.24) is 4.98 Å². The fraction of sp³-hybridized carbons (Fsp3) is 0.357. The van der Waals surface area contributed by atoms with Gasteiger partial charge < -0.3 is 9.73 Å². The van der Waals surface area contributed by atoms with Crippen LogP contribution < -0.4 is 5.32 Å². The summed E-state index contributed by atoms with van der Waals surface area (Å²) in [4.78, 5) is 4.41. The first-order valence-corrected chi connectivity index (χ1v) is 6.99. The number of anilines is 1. The van der Waals surface area contributed by atoms with Crippen LogP contribution in [-0.2, 0) is 6.42 Å². The molecule has 3 nitrogen and oxygen atoms in total. The number of halogens is 1. The second-order valence-electron chi connectivity index (χ2n) is 4.66. The Bertz CT molecular complexity index is 565. The molecule has 0 saturated carbocycles. The molecule has 4 heteroatoms. The van der Waals surface area contributed by atoms with Crippen molar-refractivity contribution in [2.45, 2.75) is 32.2 Å². The third-order valence-corrected chi connectivity index (χ3v) is 3.88. The number of hydrogen-bond acceptors (Lipinski definition) is 3. The van der Waals surface area contributed by atoms with Crippen molar-refractivity contribution in [3.05, 3.63) is 46.1 Å². The fourth-order valence-electron chi connectivity index (χ4n) is 2.51. The maximum Gasteiger partial charge on any atom is 0.109 e. The number of aryl methyl sites for hydroxylation is 2. The van der Waals surface area contributed by atoms with Crippen LogP contribution in [0.5, 0.6) is 0 Å². The lowest BCUT2D eigenvalue weighted by Gasteiger charge is -2.24. The van der Waals surface area contributed by atoms with Crippen molar-refractivity contribution in [1.29, 1.82) is 0 Å². The molecule has 94 valence electrons. The zero-order valence-electron chi connectivity index (χ0n) is 10.2. The first kappa shape index (κ1) is 11.8. The Labute approximate surface area is 115 Å². The lowest BCUT2D eigenvalue weighted by molar-refractivity contribution is 0.461. The van der Waals surface area contributed by atoms with Crippen molar-refractivity contribution in [2.75, 3.05) is 5.32 Å². The standard InChI is InChI=1S/C14H15BrN2O/c1-9-11(5-6-14(15)16-9)17-12-3-2-4-13-10(12)7-8-18-13/h5-8,12,17H,2-4H2,1H3. The topological polar surface area (TPSA) is 38.1 Å². The number of nitrogens with zero attached hydrogens (tertiary/aromatic N) is 1. The molecule has 2 aromatic heterocycles. The van der Waals surface area contributed by atoms with E-state index in [9.17, 15) is 0 Å². The van der Waals surface area contributed by atoms with Gasteiger partial charge in [0.1, 0.15) is 10.4 Å². The first-order chi connectivity index (χ1) is 8.74. The maximum atomic E-state index is 5.51. The van der Waals surface area contributed by atoms with Crippen molar-refractivity contribution in [2.24, 2.45) is 0 Å². The molecule has 0 spiro atoms. The third-order valence-electron chi connectivity index (χ3n) is 3.43. The molecule has 0 aliphatic heterocycles. The van der Waals surface area contributed by atoms with Crippen LogP contribution in [0.4, 0.5) is 5.69 Å². The first-order valence-electron chi connectivity index (χ1n) is 6.20. The van der Waals surface area contributed by atoms with E-state index >= 15 is 0 Å². The van der Waals surface area contributed by atoms with Gasteiger partial charge in [0, 0.05) is 12.0 Å². The number of furan rings is 1. The summed E-state index contributed by atoms with van der Waals surface area (Å²) in [6, 6.07) is 6.46.